The molecule has 0 aliphatic carbocycles. The van der Waals surface area contributed by atoms with Crippen molar-refractivity contribution < 1.29 is 19.8 Å². The van der Waals surface area contributed by atoms with Crippen LogP contribution in [0.2, 0.25) is 0 Å². The summed E-state index contributed by atoms with van der Waals surface area (Å²) in [5, 5.41) is 22.6. The average molecular weight is 274 g/mol. The zero-order chi connectivity index (χ0) is 14.8. The predicted molar refractivity (Wildman–Crippen MR) is 72.9 cm³/mol. The van der Waals surface area contributed by atoms with Crippen molar-refractivity contribution in [2.45, 2.75) is 58.5 Å². The highest BCUT2D eigenvalue weighted by atomic mass is 16.4. The summed E-state index contributed by atoms with van der Waals surface area (Å²) in [4.78, 5) is 22.4. The first-order valence-corrected chi connectivity index (χ1v) is 6.77. The quantitative estimate of drug-likeness (QED) is 0.510. The second kappa shape index (κ2) is 9.61. The lowest BCUT2D eigenvalue weighted by Gasteiger charge is -2.18. The summed E-state index contributed by atoms with van der Waals surface area (Å²) < 4.78 is 0. The van der Waals surface area contributed by atoms with Crippen LogP contribution in [0.3, 0.4) is 0 Å². The van der Waals surface area contributed by atoms with Gasteiger partial charge in [-0.25, -0.2) is 9.59 Å². The molecule has 0 rings (SSSR count). The molecule has 0 heterocycles. The summed E-state index contributed by atoms with van der Waals surface area (Å²) in [7, 11) is 0. The summed E-state index contributed by atoms with van der Waals surface area (Å²) in [6, 6.07) is -1.55. The minimum atomic E-state index is -1.14. The van der Waals surface area contributed by atoms with Gasteiger partial charge in [-0.05, 0) is 19.3 Å². The van der Waals surface area contributed by atoms with Gasteiger partial charge in [-0.15, -0.1) is 0 Å². The highest BCUT2D eigenvalue weighted by Gasteiger charge is 2.19. The number of urea groups is 1. The summed E-state index contributed by atoms with van der Waals surface area (Å²) in [6.45, 7) is 5.91. The van der Waals surface area contributed by atoms with Crippen molar-refractivity contribution in [1.29, 1.82) is 0 Å². The molecule has 6 nitrogen and oxygen atoms in total. The maximum absolute atomic E-state index is 11.6. The van der Waals surface area contributed by atoms with Gasteiger partial charge in [0.1, 0.15) is 6.04 Å². The second-order valence-electron chi connectivity index (χ2n) is 5.25. The van der Waals surface area contributed by atoms with Gasteiger partial charge in [0.2, 0.25) is 0 Å². The largest absolute Gasteiger partial charge is 0.480 e. The minimum Gasteiger partial charge on any atom is -0.480 e. The number of carboxylic acid groups (broad SMARTS) is 1. The minimum absolute atomic E-state index is 0.00215. The molecular formula is C13H26N2O4. The van der Waals surface area contributed by atoms with Gasteiger partial charge < -0.3 is 20.8 Å². The average Bonchev–Trinajstić information content (AvgIpc) is 2.27. The van der Waals surface area contributed by atoms with E-state index in [-0.39, 0.29) is 19.1 Å². The molecule has 2 amide bonds. The molecule has 112 valence electrons. The molecule has 1 unspecified atom stereocenters. The Bertz CT molecular complexity index is 282. The van der Waals surface area contributed by atoms with E-state index in [0.29, 0.717) is 5.92 Å². The van der Waals surface area contributed by atoms with Crippen LogP contribution in [0.25, 0.3) is 0 Å². The van der Waals surface area contributed by atoms with Gasteiger partial charge in [0, 0.05) is 19.1 Å². The molecule has 0 aromatic rings. The molecule has 0 aliphatic rings. The van der Waals surface area contributed by atoms with Crippen LogP contribution in [-0.2, 0) is 4.79 Å². The Hall–Kier alpha value is -1.30. The molecule has 6 heteroatoms. The summed E-state index contributed by atoms with van der Waals surface area (Å²) in [5.74, 6) is -0.501. The third-order valence-corrected chi connectivity index (χ3v) is 2.82. The Morgan fingerprint density at radius 2 is 1.68 bits per heavy atom. The Kier molecular flexibility index (Phi) is 8.95. The number of hydrogen-bond acceptors (Lipinski definition) is 3. The van der Waals surface area contributed by atoms with Crippen molar-refractivity contribution in [3.63, 3.8) is 0 Å². The Balaban J connectivity index is 3.97. The van der Waals surface area contributed by atoms with E-state index in [2.05, 4.69) is 24.5 Å². The monoisotopic (exact) mass is 274 g/mol. The summed E-state index contributed by atoms with van der Waals surface area (Å²) in [5.41, 5.74) is 0. The number of carboxylic acids is 1. The number of nitrogens with one attached hydrogen (secondary N) is 2. The van der Waals surface area contributed by atoms with E-state index in [1.54, 1.807) is 0 Å². The molecule has 0 aliphatic heterocycles. The number of aliphatic hydroxyl groups excluding tert-OH is 1. The molecule has 0 saturated carbocycles. The first-order chi connectivity index (χ1) is 8.86. The van der Waals surface area contributed by atoms with Gasteiger partial charge in [0.25, 0.3) is 0 Å². The van der Waals surface area contributed by atoms with Crippen molar-refractivity contribution in [3.05, 3.63) is 0 Å². The van der Waals surface area contributed by atoms with Gasteiger partial charge in [0.15, 0.2) is 0 Å². The topological polar surface area (TPSA) is 98.7 Å². The number of carbonyl (C=O) groups is 2. The lowest BCUT2D eigenvalue weighted by atomic mass is 10.0. The number of amides is 2. The fraction of sp³-hybridized carbons (Fsp3) is 0.846. The number of carbonyl (C=O) groups excluding carboxylic acids is 1. The molecule has 0 radical (unpaired) electrons. The van der Waals surface area contributed by atoms with E-state index < -0.39 is 18.0 Å². The smallest absolute Gasteiger partial charge is 0.326 e. The lowest BCUT2D eigenvalue weighted by molar-refractivity contribution is -0.139. The van der Waals surface area contributed by atoms with Gasteiger partial charge in [-0.3, -0.25) is 0 Å². The molecule has 0 aromatic heterocycles. The standard InChI is InChI=1S/C13H26N2O4/c1-9(2)5-4-6-10(3)14-13(19)15-11(7-8-16)12(17)18/h9-11,16H,4-8H2,1-3H3,(H,17,18)(H2,14,15,19)/t10?,11-/m1/s1. The number of aliphatic carboxylic acids is 1. The van der Waals surface area contributed by atoms with Crippen LogP contribution in [-0.4, -0.2) is 40.9 Å². The van der Waals surface area contributed by atoms with Crippen molar-refractivity contribution in [2.75, 3.05) is 6.61 Å². The lowest BCUT2D eigenvalue weighted by Crippen LogP contribution is -2.48. The first-order valence-electron chi connectivity index (χ1n) is 6.77. The molecule has 0 aromatic carbocycles. The van der Waals surface area contributed by atoms with E-state index in [1.807, 2.05) is 6.92 Å². The van der Waals surface area contributed by atoms with E-state index in [1.165, 1.54) is 0 Å². The highest BCUT2D eigenvalue weighted by Crippen LogP contribution is 2.08. The van der Waals surface area contributed by atoms with Crippen LogP contribution in [0.15, 0.2) is 0 Å². The van der Waals surface area contributed by atoms with E-state index >= 15 is 0 Å². The normalized spacial score (nSPS) is 13.9. The number of hydrogen-bond donors (Lipinski definition) is 4. The van der Waals surface area contributed by atoms with Gasteiger partial charge >= 0.3 is 12.0 Å². The van der Waals surface area contributed by atoms with Crippen LogP contribution >= 0.6 is 0 Å². The molecule has 0 saturated heterocycles. The SMILES string of the molecule is CC(C)CCCC(C)NC(=O)N[C@H](CCO)C(=O)O. The third-order valence-electron chi connectivity index (χ3n) is 2.82. The number of aliphatic hydroxyl groups is 1. The zero-order valence-corrected chi connectivity index (χ0v) is 12.0. The fourth-order valence-corrected chi connectivity index (χ4v) is 1.71. The van der Waals surface area contributed by atoms with Crippen molar-refractivity contribution in [2.24, 2.45) is 5.92 Å². The summed E-state index contributed by atoms with van der Waals surface area (Å²) >= 11 is 0. The van der Waals surface area contributed by atoms with Crippen LogP contribution in [0.5, 0.6) is 0 Å². The van der Waals surface area contributed by atoms with Gasteiger partial charge in [-0.2, -0.15) is 0 Å². The highest BCUT2D eigenvalue weighted by molar-refractivity contribution is 5.82. The third kappa shape index (κ3) is 9.30. The fourth-order valence-electron chi connectivity index (χ4n) is 1.71. The molecule has 4 N–H and O–H groups in total. The maximum Gasteiger partial charge on any atom is 0.326 e. The summed E-state index contributed by atoms with van der Waals surface area (Å²) in [6.07, 6.45) is 3.00. The molecule has 2 atom stereocenters. The Labute approximate surface area is 114 Å². The zero-order valence-electron chi connectivity index (χ0n) is 12.0. The van der Waals surface area contributed by atoms with Crippen LogP contribution in [0.1, 0.15) is 46.5 Å². The molecular weight excluding hydrogens is 248 g/mol. The van der Waals surface area contributed by atoms with Crippen molar-refractivity contribution >= 4 is 12.0 Å². The van der Waals surface area contributed by atoms with Crippen LogP contribution in [0.4, 0.5) is 4.79 Å². The van der Waals surface area contributed by atoms with E-state index in [4.69, 9.17) is 10.2 Å². The van der Waals surface area contributed by atoms with Crippen molar-refractivity contribution in [1.82, 2.24) is 10.6 Å². The maximum atomic E-state index is 11.6. The van der Waals surface area contributed by atoms with E-state index in [0.717, 1.165) is 19.3 Å². The first kappa shape index (κ1) is 17.7. The Morgan fingerprint density at radius 1 is 1.05 bits per heavy atom. The predicted octanol–water partition coefficient (Wildman–Crippen LogP) is 1.34. The van der Waals surface area contributed by atoms with E-state index in [9.17, 15) is 9.59 Å². The number of rotatable bonds is 9. The Morgan fingerprint density at radius 3 is 2.16 bits per heavy atom. The van der Waals surface area contributed by atoms with Crippen LogP contribution < -0.4 is 10.6 Å². The molecule has 0 spiro atoms. The van der Waals surface area contributed by atoms with Gasteiger partial charge in [-0.1, -0.05) is 26.7 Å². The molecule has 19 heavy (non-hydrogen) atoms. The molecule has 0 bridgehead atoms. The van der Waals surface area contributed by atoms with Crippen LogP contribution in [0, 0.1) is 5.92 Å². The molecule has 0 fully saturated rings. The second-order valence-corrected chi connectivity index (χ2v) is 5.25. The van der Waals surface area contributed by atoms with Gasteiger partial charge in [0.05, 0.1) is 0 Å². The van der Waals surface area contributed by atoms with Crippen molar-refractivity contribution in [3.8, 4) is 0 Å².